The summed E-state index contributed by atoms with van der Waals surface area (Å²) in [5.41, 5.74) is 0. The quantitative estimate of drug-likeness (QED) is 0.376. The van der Waals surface area contributed by atoms with Gasteiger partial charge in [0.15, 0.2) is 12.3 Å². The normalized spacial score (nSPS) is 41.4. The maximum absolute atomic E-state index is 14.5. The van der Waals surface area contributed by atoms with Crippen LogP contribution in [0, 0.1) is 23.7 Å². The fraction of sp³-hybridized carbons (Fsp3) is 1.00. The summed E-state index contributed by atoms with van der Waals surface area (Å²) in [5, 5.41) is 0. The van der Waals surface area contributed by atoms with E-state index in [1.807, 2.05) is 0 Å². The van der Waals surface area contributed by atoms with Crippen molar-refractivity contribution in [1.82, 2.24) is 0 Å². The Kier molecular flexibility index (Phi) is 9.68. The van der Waals surface area contributed by atoms with Gasteiger partial charge in [0.25, 0.3) is 0 Å². The second kappa shape index (κ2) is 12.0. The number of rotatable bonds is 9. The molecule has 3 aliphatic rings. The van der Waals surface area contributed by atoms with Crippen LogP contribution in [0.4, 0.5) is 8.78 Å². The van der Waals surface area contributed by atoms with Crippen molar-refractivity contribution in [2.45, 2.75) is 122 Å². The van der Waals surface area contributed by atoms with Crippen molar-refractivity contribution in [3.8, 4) is 0 Å². The highest BCUT2D eigenvalue weighted by Gasteiger charge is 2.42. The molecule has 0 aromatic heterocycles. The minimum atomic E-state index is -1.54. The van der Waals surface area contributed by atoms with Crippen LogP contribution in [0.15, 0.2) is 0 Å². The third-order valence-corrected chi connectivity index (χ3v) is 8.15. The molecular weight excluding hydrogens is 370 g/mol. The monoisotopic (exact) mass is 414 g/mol. The second-order valence-corrected chi connectivity index (χ2v) is 10.1. The summed E-state index contributed by atoms with van der Waals surface area (Å²) >= 11 is 0. The summed E-state index contributed by atoms with van der Waals surface area (Å²) in [7, 11) is 0. The van der Waals surface area contributed by atoms with E-state index in [9.17, 15) is 8.78 Å². The summed E-state index contributed by atoms with van der Waals surface area (Å²) in [6.07, 6.45) is 10.9. The Balaban J connectivity index is 1.33. The van der Waals surface area contributed by atoms with Crippen molar-refractivity contribution in [1.29, 1.82) is 0 Å². The molecular formula is C25H44F2O2. The summed E-state index contributed by atoms with van der Waals surface area (Å²) in [6.45, 7) is 5.54. The van der Waals surface area contributed by atoms with Crippen molar-refractivity contribution in [2.75, 3.05) is 13.2 Å². The van der Waals surface area contributed by atoms with Crippen LogP contribution in [-0.4, -0.2) is 37.8 Å². The largest absolute Gasteiger partial charge is 0.375 e. The molecule has 2 nitrogen and oxygen atoms in total. The topological polar surface area (TPSA) is 18.5 Å². The molecule has 170 valence electrons. The van der Waals surface area contributed by atoms with Gasteiger partial charge >= 0.3 is 0 Å². The van der Waals surface area contributed by atoms with Crippen LogP contribution in [0.3, 0.4) is 0 Å². The van der Waals surface area contributed by atoms with E-state index in [4.69, 9.17) is 9.47 Å². The minimum Gasteiger partial charge on any atom is -0.375 e. The van der Waals surface area contributed by atoms with Crippen molar-refractivity contribution in [3.05, 3.63) is 0 Å². The minimum absolute atomic E-state index is 0.530. The average molecular weight is 415 g/mol. The Morgan fingerprint density at radius 1 is 0.655 bits per heavy atom. The van der Waals surface area contributed by atoms with Crippen LogP contribution in [-0.2, 0) is 9.47 Å². The van der Waals surface area contributed by atoms with Gasteiger partial charge in [0.05, 0.1) is 12.2 Å². The zero-order valence-electron chi connectivity index (χ0n) is 18.8. The number of hydrogen-bond donors (Lipinski definition) is 0. The highest BCUT2D eigenvalue weighted by molar-refractivity contribution is 4.90. The van der Waals surface area contributed by atoms with E-state index in [1.165, 1.54) is 57.8 Å². The lowest BCUT2D eigenvalue weighted by Gasteiger charge is -2.39. The van der Waals surface area contributed by atoms with Crippen LogP contribution >= 0.6 is 0 Å². The first-order valence-corrected chi connectivity index (χ1v) is 12.6. The standard InChI is InChI=1S/C25H44F2O2/c1-3-5-16-28-22-14-15-23(25(27)24(22)26)29-17-19-8-12-21(13-9-19)20-10-6-18(4-2)7-11-20/h18-25H,3-17H2,1-2H3. The molecule has 0 saturated heterocycles. The van der Waals surface area contributed by atoms with E-state index in [2.05, 4.69) is 13.8 Å². The van der Waals surface area contributed by atoms with Gasteiger partial charge in [-0.15, -0.1) is 0 Å². The lowest BCUT2D eigenvalue weighted by atomic mass is 9.69. The predicted octanol–water partition coefficient (Wildman–Crippen LogP) is 7.05. The molecule has 0 aromatic rings. The van der Waals surface area contributed by atoms with Gasteiger partial charge in [-0.2, -0.15) is 0 Å². The number of hydrogen-bond acceptors (Lipinski definition) is 2. The SMILES string of the molecule is CCCCOC1CCC(OCC2CCC(C3CCC(CC)CC3)CC2)C(F)C1F. The average Bonchev–Trinajstić information content (AvgIpc) is 2.77. The zero-order valence-corrected chi connectivity index (χ0v) is 18.8. The molecule has 4 atom stereocenters. The van der Waals surface area contributed by atoms with E-state index in [-0.39, 0.29) is 0 Å². The fourth-order valence-corrected chi connectivity index (χ4v) is 5.94. The molecule has 0 radical (unpaired) electrons. The number of ether oxygens (including phenoxy) is 2. The van der Waals surface area contributed by atoms with E-state index in [0.29, 0.717) is 32.0 Å². The molecule has 0 spiro atoms. The maximum Gasteiger partial charge on any atom is 0.160 e. The van der Waals surface area contributed by atoms with Gasteiger partial charge < -0.3 is 9.47 Å². The van der Waals surface area contributed by atoms with Gasteiger partial charge in [0.2, 0.25) is 0 Å². The first-order valence-electron chi connectivity index (χ1n) is 12.6. The highest BCUT2D eigenvalue weighted by atomic mass is 19.2. The van der Waals surface area contributed by atoms with Crippen molar-refractivity contribution in [2.24, 2.45) is 23.7 Å². The summed E-state index contributed by atoms with van der Waals surface area (Å²) in [5.74, 6) is 3.33. The molecule has 0 aromatic carbocycles. The first-order chi connectivity index (χ1) is 14.1. The third kappa shape index (κ3) is 6.63. The van der Waals surface area contributed by atoms with Crippen molar-refractivity contribution >= 4 is 0 Å². The molecule has 4 heteroatoms. The van der Waals surface area contributed by atoms with E-state index >= 15 is 0 Å². The Morgan fingerprint density at radius 2 is 1.17 bits per heavy atom. The maximum atomic E-state index is 14.5. The Bertz CT molecular complexity index is 444. The lowest BCUT2D eigenvalue weighted by Crippen LogP contribution is -2.47. The molecule has 4 unspecified atom stereocenters. The summed E-state index contributed by atoms with van der Waals surface area (Å²) in [6, 6.07) is 0. The molecule has 3 saturated carbocycles. The van der Waals surface area contributed by atoms with Crippen LogP contribution in [0.2, 0.25) is 0 Å². The van der Waals surface area contributed by atoms with Gasteiger partial charge in [0, 0.05) is 13.2 Å². The molecule has 0 amide bonds. The highest BCUT2D eigenvalue weighted by Crippen LogP contribution is 2.42. The fourth-order valence-electron chi connectivity index (χ4n) is 5.94. The molecule has 3 rings (SSSR count). The summed E-state index contributed by atoms with van der Waals surface area (Å²) < 4.78 is 40.4. The Hall–Kier alpha value is -0.220. The van der Waals surface area contributed by atoms with Gasteiger partial charge in [0.1, 0.15) is 0 Å². The molecule has 3 aliphatic carbocycles. The Morgan fingerprint density at radius 3 is 1.69 bits per heavy atom. The predicted molar refractivity (Wildman–Crippen MR) is 115 cm³/mol. The van der Waals surface area contributed by atoms with Gasteiger partial charge in [-0.05, 0) is 81.5 Å². The number of unbranched alkanes of at least 4 members (excludes halogenated alkanes) is 1. The van der Waals surface area contributed by atoms with Crippen LogP contribution in [0.1, 0.15) is 97.3 Å². The molecule has 29 heavy (non-hydrogen) atoms. The van der Waals surface area contributed by atoms with E-state index < -0.39 is 24.6 Å². The smallest absolute Gasteiger partial charge is 0.160 e. The van der Waals surface area contributed by atoms with E-state index in [1.54, 1.807) is 0 Å². The molecule has 0 N–H and O–H groups in total. The number of halogens is 2. The van der Waals surface area contributed by atoms with Crippen molar-refractivity contribution < 1.29 is 18.3 Å². The molecule has 0 bridgehead atoms. The third-order valence-electron chi connectivity index (χ3n) is 8.15. The van der Waals surface area contributed by atoms with Gasteiger partial charge in [-0.25, -0.2) is 8.78 Å². The molecule has 0 aliphatic heterocycles. The van der Waals surface area contributed by atoms with Crippen LogP contribution < -0.4 is 0 Å². The molecule has 0 heterocycles. The lowest BCUT2D eigenvalue weighted by molar-refractivity contribution is -0.124. The van der Waals surface area contributed by atoms with Crippen molar-refractivity contribution in [3.63, 3.8) is 0 Å². The first kappa shape index (κ1) is 23.4. The van der Waals surface area contributed by atoms with E-state index in [0.717, 1.165) is 30.6 Å². The van der Waals surface area contributed by atoms with Gasteiger partial charge in [-0.3, -0.25) is 0 Å². The summed E-state index contributed by atoms with van der Waals surface area (Å²) in [4.78, 5) is 0. The van der Waals surface area contributed by atoms with Crippen LogP contribution in [0.25, 0.3) is 0 Å². The Labute approximate surface area is 177 Å². The van der Waals surface area contributed by atoms with Crippen LogP contribution in [0.5, 0.6) is 0 Å². The van der Waals surface area contributed by atoms with Gasteiger partial charge in [-0.1, -0.05) is 39.5 Å². The number of alkyl halides is 2. The molecule has 3 fully saturated rings. The second-order valence-electron chi connectivity index (χ2n) is 10.1. The zero-order chi connectivity index (χ0) is 20.6.